The number of hydrogen-bond acceptors (Lipinski definition) is 0. The average Bonchev–Trinajstić information content (AvgIpc) is 3.83. The van der Waals surface area contributed by atoms with Crippen molar-refractivity contribution >= 4 is 129 Å². The van der Waals surface area contributed by atoms with Crippen LogP contribution in [0.2, 0.25) is 0 Å². The third kappa shape index (κ3) is 4.78. The van der Waals surface area contributed by atoms with Gasteiger partial charge in [0.05, 0.1) is 0 Å². The van der Waals surface area contributed by atoms with Crippen LogP contribution in [0.25, 0.3) is 129 Å². The SMILES string of the molecule is CC(C)(C)c1cc2c3ccc(F)cc3cc3c2c(c1)c1c2c4cc5cc(F)ccc5c5cc(C(C)(C)C)cc(c54)c2c2c4cc5cc(F)ccc5c5cc(C(C)(C)C)cc(c54)c2c31. The van der Waals surface area contributed by atoms with E-state index in [0.29, 0.717) is 0 Å². The summed E-state index contributed by atoms with van der Waals surface area (Å²) in [6.07, 6.45) is 0. The van der Waals surface area contributed by atoms with Crippen molar-refractivity contribution in [1.82, 2.24) is 0 Å². The summed E-state index contributed by atoms with van der Waals surface area (Å²) in [5.74, 6) is -0.790. The van der Waals surface area contributed by atoms with E-state index in [1.807, 2.05) is 18.2 Å². The number of rotatable bonds is 0. The molecule has 306 valence electrons. The van der Waals surface area contributed by atoms with Gasteiger partial charge in [0.25, 0.3) is 0 Å². The van der Waals surface area contributed by atoms with Gasteiger partial charge >= 0.3 is 0 Å². The number of halogens is 3. The van der Waals surface area contributed by atoms with Crippen molar-refractivity contribution in [2.75, 3.05) is 0 Å². The van der Waals surface area contributed by atoms with Crippen LogP contribution < -0.4 is 0 Å². The molecule has 0 saturated heterocycles. The highest BCUT2D eigenvalue weighted by molar-refractivity contribution is 6.57. The van der Waals surface area contributed by atoms with Crippen molar-refractivity contribution in [3.05, 3.63) is 143 Å². The Balaban J connectivity index is 1.46. The molecule has 0 aliphatic rings. The van der Waals surface area contributed by atoms with E-state index in [2.05, 4.69) is 117 Å². The summed E-state index contributed by atoms with van der Waals surface area (Å²) in [6, 6.07) is 36.6. The molecule has 63 heavy (non-hydrogen) atoms. The highest BCUT2D eigenvalue weighted by Crippen LogP contribution is 2.58. The molecule has 13 aromatic rings. The quantitative estimate of drug-likeness (QED) is 0.134. The molecule has 0 unspecified atom stereocenters. The van der Waals surface area contributed by atoms with Crippen molar-refractivity contribution in [3.8, 4) is 0 Å². The largest absolute Gasteiger partial charge is 0.207 e. The second-order valence-electron chi connectivity index (χ2n) is 21.7. The van der Waals surface area contributed by atoms with E-state index in [9.17, 15) is 0 Å². The maximum atomic E-state index is 15.4. The summed E-state index contributed by atoms with van der Waals surface area (Å²) in [6.45, 7) is 20.4. The van der Waals surface area contributed by atoms with Gasteiger partial charge in [-0.05, 0) is 253 Å². The van der Waals surface area contributed by atoms with Gasteiger partial charge in [-0.15, -0.1) is 0 Å². The van der Waals surface area contributed by atoms with Gasteiger partial charge in [0.2, 0.25) is 0 Å². The first-order chi connectivity index (χ1) is 29.8. The molecule has 0 radical (unpaired) electrons. The summed E-state index contributed by atoms with van der Waals surface area (Å²) < 4.78 is 46.2. The average molecular weight is 823 g/mol. The molecule has 0 N–H and O–H groups in total. The molecule has 0 amide bonds. The maximum absolute atomic E-state index is 15.4. The highest BCUT2D eigenvalue weighted by atomic mass is 19.1. The number of hydrogen-bond donors (Lipinski definition) is 0. The van der Waals surface area contributed by atoms with Crippen molar-refractivity contribution in [2.45, 2.75) is 78.6 Å². The lowest BCUT2D eigenvalue weighted by Crippen LogP contribution is -2.10. The van der Waals surface area contributed by atoms with E-state index < -0.39 is 0 Å². The predicted octanol–water partition coefficient (Wildman–Crippen LogP) is 18.1. The molecule has 13 rings (SSSR count). The van der Waals surface area contributed by atoms with Crippen LogP contribution in [0.4, 0.5) is 13.2 Å². The fourth-order valence-corrected chi connectivity index (χ4v) is 11.7. The third-order valence-electron chi connectivity index (χ3n) is 14.7. The predicted molar refractivity (Wildman–Crippen MR) is 266 cm³/mol. The fourth-order valence-electron chi connectivity index (χ4n) is 11.7. The molecule has 0 atom stereocenters. The van der Waals surface area contributed by atoms with Gasteiger partial charge in [-0.2, -0.15) is 0 Å². The number of fused-ring (bicyclic) bond motifs is 18. The molecule has 0 aliphatic heterocycles. The maximum Gasteiger partial charge on any atom is 0.123 e. The lowest BCUT2D eigenvalue weighted by molar-refractivity contribution is 0.591. The Labute approximate surface area is 362 Å². The van der Waals surface area contributed by atoms with Crippen LogP contribution in [0.5, 0.6) is 0 Å². The standard InChI is InChI=1S/C60H45F3/c1-58(2,3)31-22-40-37-13-10-34(61)16-28(37)19-43-49(40)46(25-31)55-52(43)56-48-27-33(60(7,8)9)24-42-39-15-12-36(63)18-30(39)21-45(51(42)48)54(56)57-47-26-32(59(4,5)6)23-41-38-14-11-35(62)17-29(38)20-44(50(41)47)53(55)57/h10-27H,1-9H3. The zero-order valence-electron chi connectivity index (χ0n) is 37.0. The van der Waals surface area contributed by atoms with Gasteiger partial charge in [0, 0.05) is 0 Å². The minimum atomic E-state index is -0.263. The van der Waals surface area contributed by atoms with Crippen LogP contribution in [0.3, 0.4) is 0 Å². The molecule has 0 heterocycles. The summed E-state index contributed by atoms with van der Waals surface area (Å²) in [4.78, 5) is 0. The van der Waals surface area contributed by atoms with Gasteiger partial charge in [-0.1, -0.05) is 80.5 Å². The minimum absolute atomic E-state index is 0.188. The summed E-state index contributed by atoms with van der Waals surface area (Å²) in [5.41, 5.74) is 3.06. The minimum Gasteiger partial charge on any atom is -0.207 e. The lowest BCUT2D eigenvalue weighted by Gasteiger charge is -2.20. The Bertz CT molecular complexity index is 3740. The van der Waals surface area contributed by atoms with E-state index in [1.165, 1.54) is 65.2 Å². The van der Waals surface area contributed by atoms with Gasteiger partial charge in [0.1, 0.15) is 17.5 Å². The Morgan fingerprint density at radius 1 is 0.238 bits per heavy atom. The van der Waals surface area contributed by atoms with E-state index in [-0.39, 0.29) is 33.7 Å². The van der Waals surface area contributed by atoms with Gasteiger partial charge in [0.15, 0.2) is 0 Å². The van der Waals surface area contributed by atoms with Crippen molar-refractivity contribution in [2.24, 2.45) is 0 Å². The van der Waals surface area contributed by atoms with Crippen LogP contribution in [0.1, 0.15) is 79.0 Å². The van der Waals surface area contributed by atoms with Gasteiger partial charge < -0.3 is 0 Å². The Kier molecular flexibility index (Phi) is 6.82. The summed E-state index contributed by atoms with van der Waals surface area (Å²) in [5, 5.41) is 26.3. The highest BCUT2D eigenvalue weighted by Gasteiger charge is 2.31. The topological polar surface area (TPSA) is 0 Å². The smallest absolute Gasteiger partial charge is 0.123 e. The normalized spacial score (nSPS) is 13.7. The third-order valence-corrected chi connectivity index (χ3v) is 14.7. The molecule has 0 nitrogen and oxygen atoms in total. The molecule has 3 heteroatoms. The Morgan fingerprint density at radius 2 is 0.460 bits per heavy atom. The fraction of sp³-hybridized carbons (Fsp3) is 0.200. The van der Waals surface area contributed by atoms with Crippen LogP contribution in [-0.2, 0) is 16.2 Å². The van der Waals surface area contributed by atoms with Gasteiger partial charge in [-0.25, -0.2) is 13.2 Å². The molecular formula is C60H45F3. The molecule has 0 saturated carbocycles. The van der Waals surface area contributed by atoms with Crippen LogP contribution >= 0.6 is 0 Å². The summed E-state index contributed by atoms with van der Waals surface area (Å²) in [7, 11) is 0. The zero-order valence-corrected chi connectivity index (χ0v) is 37.0. The first-order valence-electron chi connectivity index (χ1n) is 22.2. The zero-order chi connectivity index (χ0) is 43.5. The van der Waals surface area contributed by atoms with Gasteiger partial charge in [-0.3, -0.25) is 0 Å². The molecule has 0 aliphatic carbocycles. The Morgan fingerprint density at radius 3 is 0.698 bits per heavy atom. The summed E-state index contributed by atoms with van der Waals surface area (Å²) >= 11 is 0. The number of benzene rings is 10. The van der Waals surface area contributed by atoms with Crippen LogP contribution in [0, 0.1) is 17.5 Å². The first-order valence-corrected chi connectivity index (χ1v) is 22.2. The van der Waals surface area contributed by atoms with Crippen molar-refractivity contribution < 1.29 is 13.2 Å². The molecule has 0 aromatic heterocycles. The molecule has 0 spiro atoms. The second kappa shape index (κ2) is 11.6. The van der Waals surface area contributed by atoms with Crippen molar-refractivity contribution in [3.63, 3.8) is 0 Å². The van der Waals surface area contributed by atoms with E-state index in [0.717, 1.165) is 80.8 Å². The lowest BCUT2D eigenvalue weighted by atomic mass is 9.84. The molecule has 13 aromatic carbocycles. The van der Waals surface area contributed by atoms with Crippen LogP contribution in [0.15, 0.2) is 109 Å². The molecule has 0 bridgehead atoms. The van der Waals surface area contributed by atoms with E-state index in [1.54, 1.807) is 36.4 Å². The van der Waals surface area contributed by atoms with Crippen LogP contribution in [-0.4, -0.2) is 0 Å². The molecular weight excluding hydrogens is 778 g/mol. The van der Waals surface area contributed by atoms with E-state index in [4.69, 9.17) is 0 Å². The monoisotopic (exact) mass is 822 g/mol. The van der Waals surface area contributed by atoms with Crippen molar-refractivity contribution in [1.29, 1.82) is 0 Å². The second-order valence-corrected chi connectivity index (χ2v) is 21.7. The Hall–Kier alpha value is -6.45. The molecule has 0 fully saturated rings. The van der Waals surface area contributed by atoms with E-state index >= 15 is 13.2 Å². The first kappa shape index (κ1) is 37.1.